The summed E-state index contributed by atoms with van der Waals surface area (Å²) in [5.41, 5.74) is 6.99. The fraction of sp³-hybridized carbons (Fsp3) is 0.179. The molecule has 0 bridgehead atoms. The molecule has 5 nitrogen and oxygen atoms in total. The minimum absolute atomic E-state index is 0.0410. The summed E-state index contributed by atoms with van der Waals surface area (Å²) < 4.78 is 0. The van der Waals surface area contributed by atoms with Crippen LogP contribution in [0.5, 0.6) is 0 Å². The average Bonchev–Trinajstić information content (AvgIpc) is 2.84. The Balaban J connectivity index is 1.46. The van der Waals surface area contributed by atoms with Gasteiger partial charge in [-0.05, 0) is 72.5 Å². The number of carbonyl (C=O) groups is 1. The van der Waals surface area contributed by atoms with Crippen LogP contribution >= 0.6 is 0 Å². The molecule has 2 aromatic carbocycles. The number of anilines is 2. The standard InChI is InChI=1S/C28H28N4O/c1-19-16-24(14-15-29-19)21-8-11-26(12-9-21)31-28(33)20(2)22-6-5-7-23(17-22)25-10-13-27(30-18-25)32(3)4/h5-18,20H,1-4H3,(H,31,33). The van der Waals surface area contributed by atoms with Crippen molar-refractivity contribution in [1.82, 2.24) is 9.97 Å². The summed E-state index contributed by atoms with van der Waals surface area (Å²) in [6, 6.07) is 24.1. The van der Waals surface area contributed by atoms with Crippen LogP contribution in [0.4, 0.5) is 11.5 Å². The third-order valence-corrected chi connectivity index (χ3v) is 5.70. The fourth-order valence-corrected chi connectivity index (χ4v) is 3.68. The van der Waals surface area contributed by atoms with Crippen LogP contribution in [0.25, 0.3) is 22.3 Å². The Morgan fingerprint density at radius 2 is 1.58 bits per heavy atom. The van der Waals surface area contributed by atoms with E-state index in [1.807, 2.05) is 106 Å². The monoisotopic (exact) mass is 436 g/mol. The van der Waals surface area contributed by atoms with Gasteiger partial charge in [0.25, 0.3) is 0 Å². The zero-order chi connectivity index (χ0) is 23.4. The van der Waals surface area contributed by atoms with Crippen LogP contribution in [0.15, 0.2) is 85.2 Å². The summed E-state index contributed by atoms with van der Waals surface area (Å²) in [5.74, 6) is 0.579. The van der Waals surface area contributed by atoms with Gasteiger partial charge in [-0.1, -0.05) is 36.4 Å². The molecule has 5 heteroatoms. The number of aromatic nitrogens is 2. The predicted octanol–water partition coefficient (Wildman–Crippen LogP) is 5.93. The first-order valence-electron chi connectivity index (χ1n) is 11.0. The maximum atomic E-state index is 12.9. The predicted molar refractivity (Wildman–Crippen MR) is 135 cm³/mol. The fourth-order valence-electron chi connectivity index (χ4n) is 3.68. The number of nitrogens with one attached hydrogen (secondary N) is 1. The Kier molecular flexibility index (Phi) is 6.50. The molecule has 2 heterocycles. The van der Waals surface area contributed by atoms with Gasteiger partial charge in [-0.15, -0.1) is 0 Å². The molecule has 1 N–H and O–H groups in total. The van der Waals surface area contributed by atoms with Gasteiger partial charge in [0, 0.05) is 43.4 Å². The molecule has 4 aromatic rings. The van der Waals surface area contributed by atoms with Crippen molar-refractivity contribution >= 4 is 17.4 Å². The van der Waals surface area contributed by atoms with E-state index in [4.69, 9.17) is 0 Å². The van der Waals surface area contributed by atoms with Crippen LogP contribution < -0.4 is 10.2 Å². The highest BCUT2D eigenvalue weighted by Crippen LogP contribution is 2.26. The molecule has 0 spiro atoms. The minimum atomic E-state index is -0.290. The lowest BCUT2D eigenvalue weighted by molar-refractivity contribution is -0.117. The molecule has 0 radical (unpaired) electrons. The van der Waals surface area contributed by atoms with Gasteiger partial charge in [-0.3, -0.25) is 9.78 Å². The molecular formula is C28H28N4O. The van der Waals surface area contributed by atoms with Crippen LogP contribution in [0.3, 0.4) is 0 Å². The highest BCUT2D eigenvalue weighted by Gasteiger charge is 2.16. The third kappa shape index (κ3) is 5.26. The molecule has 0 saturated heterocycles. The summed E-state index contributed by atoms with van der Waals surface area (Å²) in [5, 5.41) is 3.04. The van der Waals surface area contributed by atoms with Gasteiger partial charge in [-0.25, -0.2) is 4.98 Å². The van der Waals surface area contributed by atoms with Crippen molar-refractivity contribution in [3.05, 3.63) is 96.4 Å². The zero-order valence-corrected chi connectivity index (χ0v) is 19.4. The van der Waals surface area contributed by atoms with Gasteiger partial charge in [0.05, 0.1) is 5.92 Å². The molecule has 166 valence electrons. The number of amides is 1. The number of hydrogen-bond acceptors (Lipinski definition) is 4. The molecule has 1 unspecified atom stereocenters. The average molecular weight is 437 g/mol. The lowest BCUT2D eigenvalue weighted by Gasteiger charge is -2.15. The molecular weight excluding hydrogens is 408 g/mol. The number of benzene rings is 2. The molecule has 33 heavy (non-hydrogen) atoms. The maximum Gasteiger partial charge on any atom is 0.231 e. The van der Waals surface area contributed by atoms with Gasteiger partial charge < -0.3 is 10.2 Å². The van der Waals surface area contributed by atoms with Gasteiger partial charge >= 0.3 is 0 Å². The normalized spacial score (nSPS) is 11.6. The molecule has 0 fully saturated rings. The van der Waals surface area contributed by atoms with Crippen LogP contribution in [-0.4, -0.2) is 30.0 Å². The number of hydrogen-bond donors (Lipinski definition) is 1. The van der Waals surface area contributed by atoms with E-state index in [0.29, 0.717) is 0 Å². The van der Waals surface area contributed by atoms with Gasteiger partial charge in [-0.2, -0.15) is 0 Å². The summed E-state index contributed by atoms with van der Waals surface area (Å²) in [7, 11) is 3.94. The van der Waals surface area contributed by atoms with Crippen LogP contribution in [0.2, 0.25) is 0 Å². The Morgan fingerprint density at radius 1 is 0.848 bits per heavy atom. The second kappa shape index (κ2) is 9.65. The van der Waals surface area contributed by atoms with Crippen molar-refractivity contribution < 1.29 is 4.79 Å². The molecule has 0 aliphatic carbocycles. The summed E-state index contributed by atoms with van der Waals surface area (Å²) >= 11 is 0. The maximum absolute atomic E-state index is 12.9. The molecule has 2 aromatic heterocycles. The van der Waals surface area contributed by atoms with E-state index < -0.39 is 0 Å². The first-order valence-corrected chi connectivity index (χ1v) is 11.0. The van der Waals surface area contributed by atoms with Crippen LogP contribution in [-0.2, 0) is 4.79 Å². The van der Waals surface area contributed by atoms with Crippen molar-refractivity contribution in [3.8, 4) is 22.3 Å². The first-order chi connectivity index (χ1) is 15.9. The second-order valence-electron chi connectivity index (χ2n) is 8.40. The van der Waals surface area contributed by atoms with Crippen LogP contribution in [0, 0.1) is 6.92 Å². The molecule has 0 aliphatic heterocycles. The Morgan fingerprint density at radius 3 is 2.24 bits per heavy atom. The highest BCUT2D eigenvalue weighted by atomic mass is 16.1. The number of nitrogens with zero attached hydrogens (tertiary/aromatic N) is 3. The van der Waals surface area contributed by atoms with Crippen molar-refractivity contribution in [2.75, 3.05) is 24.3 Å². The summed E-state index contributed by atoms with van der Waals surface area (Å²) in [4.78, 5) is 23.7. The minimum Gasteiger partial charge on any atom is -0.363 e. The second-order valence-corrected chi connectivity index (χ2v) is 8.40. The number of aryl methyl sites for hydroxylation is 1. The van der Waals surface area contributed by atoms with Gasteiger partial charge in [0.15, 0.2) is 0 Å². The van der Waals surface area contributed by atoms with Crippen molar-refractivity contribution in [2.24, 2.45) is 0 Å². The number of pyridine rings is 2. The first kappa shape index (κ1) is 22.2. The van der Waals surface area contributed by atoms with Crippen molar-refractivity contribution in [2.45, 2.75) is 19.8 Å². The molecule has 4 rings (SSSR count). The Hall–Kier alpha value is -3.99. The molecule has 0 aliphatic rings. The number of carbonyl (C=O) groups excluding carboxylic acids is 1. The number of rotatable bonds is 6. The van der Waals surface area contributed by atoms with E-state index in [0.717, 1.165) is 45.0 Å². The molecule has 1 amide bonds. The molecule has 1 atom stereocenters. The van der Waals surface area contributed by atoms with Gasteiger partial charge in [0.1, 0.15) is 5.82 Å². The third-order valence-electron chi connectivity index (χ3n) is 5.70. The van der Waals surface area contributed by atoms with E-state index in [1.165, 1.54) is 0 Å². The van der Waals surface area contributed by atoms with E-state index in [1.54, 1.807) is 0 Å². The summed E-state index contributed by atoms with van der Waals surface area (Å²) in [6.45, 7) is 3.90. The Labute approximate surface area is 195 Å². The smallest absolute Gasteiger partial charge is 0.231 e. The zero-order valence-electron chi connectivity index (χ0n) is 19.4. The molecule has 0 saturated carbocycles. The van der Waals surface area contributed by atoms with Crippen LogP contribution in [0.1, 0.15) is 24.1 Å². The topological polar surface area (TPSA) is 58.1 Å². The van der Waals surface area contributed by atoms with E-state index in [2.05, 4.69) is 27.4 Å². The SMILES string of the molecule is Cc1cc(-c2ccc(NC(=O)C(C)c3cccc(-c4ccc(N(C)C)nc4)c3)cc2)ccn1. The van der Waals surface area contributed by atoms with E-state index in [9.17, 15) is 4.79 Å². The van der Waals surface area contributed by atoms with E-state index >= 15 is 0 Å². The highest BCUT2D eigenvalue weighted by molar-refractivity contribution is 5.96. The van der Waals surface area contributed by atoms with E-state index in [-0.39, 0.29) is 11.8 Å². The lowest BCUT2D eigenvalue weighted by atomic mass is 9.96. The summed E-state index contributed by atoms with van der Waals surface area (Å²) in [6.07, 6.45) is 3.67. The van der Waals surface area contributed by atoms with Gasteiger partial charge in [0.2, 0.25) is 5.91 Å². The lowest BCUT2D eigenvalue weighted by Crippen LogP contribution is -2.18. The quantitative estimate of drug-likeness (QED) is 0.407. The Bertz CT molecular complexity index is 1250. The van der Waals surface area contributed by atoms with Crippen molar-refractivity contribution in [1.29, 1.82) is 0 Å². The largest absolute Gasteiger partial charge is 0.363 e. The van der Waals surface area contributed by atoms with Crippen molar-refractivity contribution in [3.63, 3.8) is 0 Å².